The van der Waals surface area contributed by atoms with Crippen molar-refractivity contribution in [3.05, 3.63) is 54.4 Å². The summed E-state index contributed by atoms with van der Waals surface area (Å²) in [5.74, 6) is 1.61. The highest BCUT2D eigenvalue weighted by molar-refractivity contribution is 5.81. The standard InChI is InChI=1S/C23H22N4O3/c1-13(23(24)28)30-17-6-7-18-19-8-14(2-3-15(19)11-29-21(18)9-17)20-10-22(26-12-25-20)27-16-4-5-16/h2-3,6-10,12-13,16H,4-5,11H2,1H3,(H2,24,28)(H,25,26,27)/t13-/m0/s1. The van der Waals surface area contributed by atoms with E-state index in [1.165, 1.54) is 12.8 Å². The quantitative estimate of drug-likeness (QED) is 0.654. The van der Waals surface area contributed by atoms with E-state index in [0.29, 0.717) is 24.1 Å². The van der Waals surface area contributed by atoms with Crippen LogP contribution in [0.25, 0.3) is 22.4 Å². The van der Waals surface area contributed by atoms with Crippen LogP contribution < -0.4 is 20.5 Å². The molecule has 30 heavy (non-hydrogen) atoms. The van der Waals surface area contributed by atoms with Crippen molar-refractivity contribution < 1.29 is 14.3 Å². The molecule has 2 aliphatic rings. The second-order valence-electron chi connectivity index (χ2n) is 7.69. The van der Waals surface area contributed by atoms with E-state index in [-0.39, 0.29) is 0 Å². The van der Waals surface area contributed by atoms with Gasteiger partial charge in [-0.25, -0.2) is 9.97 Å². The lowest BCUT2D eigenvalue weighted by molar-refractivity contribution is -0.123. The number of aromatic nitrogens is 2. The number of ether oxygens (including phenoxy) is 2. The van der Waals surface area contributed by atoms with Crippen LogP contribution >= 0.6 is 0 Å². The van der Waals surface area contributed by atoms with Gasteiger partial charge < -0.3 is 20.5 Å². The number of carbonyl (C=O) groups excluding carboxylic acids is 1. The molecule has 1 aliphatic heterocycles. The summed E-state index contributed by atoms with van der Waals surface area (Å²) in [5, 5.41) is 3.42. The minimum Gasteiger partial charge on any atom is -0.488 e. The summed E-state index contributed by atoms with van der Waals surface area (Å²) in [6, 6.07) is 14.4. The first-order chi connectivity index (χ1) is 14.6. The van der Waals surface area contributed by atoms with Crippen LogP contribution in [0.1, 0.15) is 25.3 Å². The molecule has 152 valence electrons. The van der Waals surface area contributed by atoms with Gasteiger partial charge in [0.2, 0.25) is 0 Å². The highest BCUT2D eigenvalue weighted by atomic mass is 16.5. The van der Waals surface area contributed by atoms with Crippen molar-refractivity contribution in [1.82, 2.24) is 9.97 Å². The van der Waals surface area contributed by atoms with E-state index in [4.69, 9.17) is 15.2 Å². The van der Waals surface area contributed by atoms with Gasteiger partial charge >= 0.3 is 0 Å². The number of benzene rings is 2. The van der Waals surface area contributed by atoms with Crippen LogP contribution in [-0.4, -0.2) is 28.0 Å². The predicted molar refractivity (Wildman–Crippen MR) is 113 cm³/mol. The number of anilines is 1. The van der Waals surface area contributed by atoms with E-state index >= 15 is 0 Å². The monoisotopic (exact) mass is 402 g/mol. The molecule has 0 radical (unpaired) electrons. The molecule has 1 atom stereocenters. The Morgan fingerprint density at radius 1 is 1.17 bits per heavy atom. The first-order valence-corrected chi connectivity index (χ1v) is 10.0. The summed E-state index contributed by atoms with van der Waals surface area (Å²) < 4.78 is 11.5. The Morgan fingerprint density at radius 2 is 2.03 bits per heavy atom. The Hall–Kier alpha value is -3.61. The normalized spacial score (nSPS) is 15.4. The molecule has 5 rings (SSSR count). The van der Waals surface area contributed by atoms with Crippen molar-refractivity contribution in [2.45, 2.75) is 38.5 Å². The maximum Gasteiger partial charge on any atom is 0.258 e. The molecule has 2 aromatic carbocycles. The molecule has 1 fully saturated rings. The first-order valence-electron chi connectivity index (χ1n) is 10.0. The zero-order valence-corrected chi connectivity index (χ0v) is 16.6. The van der Waals surface area contributed by atoms with Crippen LogP contribution in [0, 0.1) is 0 Å². The van der Waals surface area contributed by atoms with Gasteiger partial charge in [-0.3, -0.25) is 4.79 Å². The van der Waals surface area contributed by atoms with Gasteiger partial charge in [0.1, 0.15) is 30.3 Å². The number of amides is 1. The topological polar surface area (TPSA) is 99.4 Å². The van der Waals surface area contributed by atoms with E-state index in [1.54, 1.807) is 19.3 Å². The lowest BCUT2D eigenvalue weighted by Crippen LogP contribution is -2.30. The molecule has 0 saturated heterocycles. The molecule has 2 heterocycles. The number of nitrogens with one attached hydrogen (secondary N) is 1. The maximum atomic E-state index is 11.3. The van der Waals surface area contributed by atoms with Gasteiger partial charge in [-0.2, -0.15) is 0 Å². The molecular formula is C23H22N4O3. The summed E-state index contributed by atoms with van der Waals surface area (Å²) in [5.41, 5.74) is 10.4. The van der Waals surface area contributed by atoms with Crippen molar-refractivity contribution in [3.63, 3.8) is 0 Å². The SMILES string of the molecule is C[C@H](Oc1ccc2c(c1)OCc1ccc(-c3cc(NC4CC4)ncn3)cc1-2)C(N)=O. The van der Waals surface area contributed by atoms with Gasteiger partial charge in [0, 0.05) is 29.3 Å². The second-order valence-corrected chi connectivity index (χ2v) is 7.69. The Balaban J connectivity index is 1.46. The number of primary amides is 1. The van der Waals surface area contributed by atoms with E-state index in [2.05, 4.69) is 33.5 Å². The molecule has 3 N–H and O–H groups in total. The fraction of sp³-hybridized carbons (Fsp3) is 0.261. The van der Waals surface area contributed by atoms with Crippen LogP contribution in [0.4, 0.5) is 5.82 Å². The van der Waals surface area contributed by atoms with Crippen LogP contribution in [0.3, 0.4) is 0 Å². The van der Waals surface area contributed by atoms with Gasteiger partial charge in [-0.15, -0.1) is 0 Å². The summed E-state index contributed by atoms with van der Waals surface area (Å²) in [6.07, 6.45) is 3.28. The first kappa shape index (κ1) is 18.4. The molecular weight excluding hydrogens is 380 g/mol. The highest BCUT2D eigenvalue weighted by Crippen LogP contribution is 2.41. The Bertz CT molecular complexity index is 1130. The van der Waals surface area contributed by atoms with Crippen LogP contribution in [0.2, 0.25) is 0 Å². The molecule has 1 amide bonds. The third-order valence-electron chi connectivity index (χ3n) is 5.34. The van der Waals surface area contributed by atoms with Crippen LogP contribution in [0.15, 0.2) is 48.8 Å². The minimum absolute atomic E-state index is 0.468. The van der Waals surface area contributed by atoms with E-state index < -0.39 is 12.0 Å². The predicted octanol–water partition coefficient (Wildman–Crippen LogP) is 3.53. The average Bonchev–Trinajstić information content (AvgIpc) is 3.57. The molecule has 7 heteroatoms. The van der Waals surface area contributed by atoms with Crippen molar-refractivity contribution in [1.29, 1.82) is 0 Å². The molecule has 0 unspecified atom stereocenters. The van der Waals surface area contributed by atoms with E-state index in [1.807, 2.05) is 18.2 Å². The fourth-order valence-corrected chi connectivity index (χ4v) is 3.48. The zero-order chi connectivity index (χ0) is 20.7. The molecule has 0 spiro atoms. The number of nitrogens with zero attached hydrogens (tertiary/aromatic N) is 2. The summed E-state index contributed by atoms with van der Waals surface area (Å²) >= 11 is 0. The average molecular weight is 402 g/mol. The Morgan fingerprint density at radius 3 is 2.83 bits per heavy atom. The van der Waals surface area contributed by atoms with Crippen molar-refractivity contribution in [2.75, 3.05) is 5.32 Å². The molecule has 0 bridgehead atoms. The highest BCUT2D eigenvalue weighted by Gasteiger charge is 2.22. The third-order valence-corrected chi connectivity index (χ3v) is 5.34. The number of carbonyl (C=O) groups is 1. The Kier molecular flexibility index (Phi) is 4.50. The summed E-state index contributed by atoms with van der Waals surface area (Å²) in [6.45, 7) is 2.09. The van der Waals surface area contributed by atoms with Crippen LogP contribution in [0.5, 0.6) is 11.5 Å². The number of hydrogen-bond donors (Lipinski definition) is 2. The molecule has 3 aromatic rings. The van der Waals surface area contributed by atoms with Crippen molar-refractivity contribution in [2.24, 2.45) is 5.73 Å². The van der Waals surface area contributed by atoms with Gasteiger partial charge in [0.15, 0.2) is 6.10 Å². The van der Waals surface area contributed by atoms with E-state index in [9.17, 15) is 4.79 Å². The second kappa shape index (κ2) is 7.33. The lowest BCUT2D eigenvalue weighted by Gasteiger charge is -2.22. The lowest BCUT2D eigenvalue weighted by atomic mass is 9.94. The maximum absolute atomic E-state index is 11.3. The molecule has 1 saturated carbocycles. The summed E-state index contributed by atoms with van der Waals surface area (Å²) in [4.78, 5) is 20.1. The van der Waals surface area contributed by atoms with Gasteiger partial charge in [0.25, 0.3) is 5.91 Å². The third kappa shape index (κ3) is 3.66. The molecule has 1 aliphatic carbocycles. The van der Waals surface area contributed by atoms with Crippen LogP contribution in [-0.2, 0) is 11.4 Å². The Labute approximate surface area is 174 Å². The number of fused-ring (bicyclic) bond motifs is 3. The fourth-order valence-electron chi connectivity index (χ4n) is 3.48. The minimum atomic E-state index is -0.707. The van der Waals surface area contributed by atoms with Gasteiger partial charge in [0.05, 0.1) is 5.69 Å². The summed E-state index contributed by atoms with van der Waals surface area (Å²) in [7, 11) is 0. The largest absolute Gasteiger partial charge is 0.488 e. The number of hydrogen-bond acceptors (Lipinski definition) is 6. The van der Waals surface area contributed by atoms with Gasteiger partial charge in [-0.05, 0) is 49.1 Å². The molecule has 7 nitrogen and oxygen atoms in total. The van der Waals surface area contributed by atoms with E-state index in [0.717, 1.165) is 33.8 Å². The van der Waals surface area contributed by atoms with Crippen molar-refractivity contribution in [3.8, 4) is 33.9 Å². The van der Waals surface area contributed by atoms with Crippen molar-refractivity contribution >= 4 is 11.7 Å². The number of rotatable bonds is 6. The number of nitrogens with two attached hydrogens (primary N) is 1. The van der Waals surface area contributed by atoms with Gasteiger partial charge in [-0.1, -0.05) is 12.1 Å². The smallest absolute Gasteiger partial charge is 0.258 e. The zero-order valence-electron chi connectivity index (χ0n) is 16.6. The molecule has 1 aromatic heterocycles.